The Balaban J connectivity index is 1.85. The van der Waals surface area contributed by atoms with Crippen LogP contribution in [0, 0.1) is 6.92 Å². The minimum atomic E-state index is -0.329. The molecule has 1 aliphatic rings. The summed E-state index contributed by atoms with van der Waals surface area (Å²) in [6.07, 6.45) is 0.578. The molecule has 0 N–H and O–H groups in total. The number of pyridine rings is 1. The Bertz CT molecular complexity index is 462. The molecule has 0 aromatic carbocycles. The zero-order chi connectivity index (χ0) is 14.5. The van der Waals surface area contributed by atoms with Gasteiger partial charge in [-0.3, -0.25) is 14.7 Å². The summed E-state index contributed by atoms with van der Waals surface area (Å²) in [6.45, 7) is 5.08. The van der Waals surface area contributed by atoms with Gasteiger partial charge in [-0.2, -0.15) is 0 Å². The molecule has 0 radical (unpaired) electrons. The van der Waals surface area contributed by atoms with Crippen molar-refractivity contribution in [2.75, 3.05) is 40.3 Å². The molecule has 1 saturated heterocycles. The molecule has 1 aromatic heterocycles. The lowest BCUT2D eigenvalue weighted by molar-refractivity contribution is -0.146. The molecule has 1 atom stereocenters. The third-order valence-corrected chi connectivity index (χ3v) is 3.50. The Hall–Kier alpha value is -1.46. The van der Waals surface area contributed by atoms with Gasteiger partial charge in [0.05, 0.1) is 6.61 Å². The van der Waals surface area contributed by atoms with E-state index in [1.54, 1.807) is 19.0 Å². The number of nitrogens with zero attached hydrogens (tertiary/aromatic N) is 3. The van der Waals surface area contributed by atoms with Crippen LogP contribution < -0.4 is 0 Å². The van der Waals surface area contributed by atoms with E-state index in [9.17, 15) is 4.79 Å². The number of hydrogen-bond acceptors (Lipinski definition) is 4. The first-order valence-electron chi connectivity index (χ1n) is 7.04. The summed E-state index contributed by atoms with van der Waals surface area (Å²) in [5.74, 6) is 0.0448. The van der Waals surface area contributed by atoms with Crippen molar-refractivity contribution in [3.8, 4) is 0 Å². The van der Waals surface area contributed by atoms with Gasteiger partial charge in [-0.05, 0) is 19.1 Å². The molecule has 2 rings (SSSR count). The van der Waals surface area contributed by atoms with E-state index in [2.05, 4.69) is 16.0 Å². The third kappa shape index (κ3) is 4.02. The maximum Gasteiger partial charge on any atom is 0.252 e. The Labute approximate surface area is 120 Å². The third-order valence-electron chi connectivity index (χ3n) is 3.50. The number of ether oxygens (including phenoxy) is 1. The second-order valence-electron chi connectivity index (χ2n) is 5.41. The number of carbonyl (C=O) groups is 1. The average molecular weight is 277 g/mol. The summed E-state index contributed by atoms with van der Waals surface area (Å²) in [5, 5.41) is 0. The molecule has 1 aliphatic heterocycles. The zero-order valence-corrected chi connectivity index (χ0v) is 12.5. The number of hydrogen-bond donors (Lipinski definition) is 0. The summed E-state index contributed by atoms with van der Waals surface area (Å²) >= 11 is 0. The first-order valence-corrected chi connectivity index (χ1v) is 7.04. The first-order chi connectivity index (χ1) is 9.56. The second-order valence-corrected chi connectivity index (χ2v) is 5.41. The highest BCUT2D eigenvalue weighted by Gasteiger charge is 2.27. The standard InChI is InChI=1S/C15H23N3O2/c1-12-5-4-6-13(16-12)7-8-18-9-10-20-14(11-18)15(19)17(2)3/h4-6,14H,7-11H2,1-3H3/t14-/m0/s1. The minimum Gasteiger partial charge on any atom is -0.366 e. The van der Waals surface area contributed by atoms with Crippen molar-refractivity contribution in [2.45, 2.75) is 19.4 Å². The minimum absolute atomic E-state index is 0.0448. The molecule has 2 heterocycles. The van der Waals surface area contributed by atoms with Crippen LogP contribution in [-0.2, 0) is 16.0 Å². The van der Waals surface area contributed by atoms with Gasteiger partial charge in [0.2, 0.25) is 0 Å². The van der Waals surface area contributed by atoms with E-state index >= 15 is 0 Å². The fraction of sp³-hybridized carbons (Fsp3) is 0.600. The predicted molar refractivity (Wildman–Crippen MR) is 77.6 cm³/mol. The van der Waals surface area contributed by atoms with E-state index in [4.69, 9.17) is 4.74 Å². The molecule has 0 unspecified atom stereocenters. The fourth-order valence-electron chi connectivity index (χ4n) is 2.35. The molecule has 5 nitrogen and oxygen atoms in total. The molecule has 1 amide bonds. The second kappa shape index (κ2) is 6.81. The van der Waals surface area contributed by atoms with Crippen LogP contribution in [0.4, 0.5) is 0 Å². The SMILES string of the molecule is Cc1cccc(CCN2CCO[C@H](C(=O)N(C)C)C2)n1. The molecule has 0 spiro atoms. The summed E-state index contributed by atoms with van der Waals surface area (Å²) in [7, 11) is 3.53. The Kier molecular flexibility index (Phi) is 5.09. The van der Waals surface area contributed by atoms with Crippen LogP contribution in [-0.4, -0.2) is 67.1 Å². The monoisotopic (exact) mass is 277 g/mol. The lowest BCUT2D eigenvalue weighted by Gasteiger charge is -2.33. The Morgan fingerprint density at radius 2 is 2.30 bits per heavy atom. The van der Waals surface area contributed by atoms with Crippen molar-refractivity contribution < 1.29 is 9.53 Å². The van der Waals surface area contributed by atoms with Crippen molar-refractivity contribution in [1.29, 1.82) is 0 Å². The lowest BCUT2D eigenvalue weighted by Crippen LogP contribution is -2.49. The van der Waals surface area contributed by atoms with Crippen molar-refractivity contribution in [3.05, 3.63) is 29.6 Å². The van der Waals surface area contributed by atoms with Gasteiger partial charge in [0.1, 0.15) is 6.10 Å². The quantitative estimate of drug-likeness (QED) is 0.813. The van der Waals surface area contributed by atoms with Crippen molar-refractivity contribution >= 4 is 5.91 Å². The summed E-state index contributed by atoms with van der Waals surface area (Å²) < 4.78 is 5.55. The predicted octanol–water partition coefficient (Wildman–Crippen LogP) is 0.722. The fourth-order valence-corrected chi connectivity index (χ4v) is 2.35. The number of aryl methyl sites for hydroxylation is 1. The van der Waals surface area contributed by atoms with Crippen LogP contribution in [0.2, 0.25) is 0 Å². The molecular formula is C15H23N3O2. The number of amides is 1. The maximum absolute atomic E-state index is 11.9. The van der Waals surface area contributed by atoms with Crippen molar-refractivity contribution in [2.24, 2.45) is 0 Å². The summed E-state index contributed by atoms with van der Waals surface area (Å²) in [6, 6.07) is 6.09. The number of rotatable bonds is 4. The maximum atomic E-state index is 11.9. The Morgan fingerprint density at radius 3 is 3.00 bits per heavy atom. The molecular weight excluding hydrogens is 254 g/mol. The topological polar surface area (TPSA) is 45.7 Å². The van der Waals surface area contributed by atoms with Gasteiger partial charge in [0.15, 0.2) is 0 Å². The van der Waals surface area contributed by atoms with Crippen molar-refractivity contribution in [3.63, 3.8) is 0 Å². The van der Waals surface area contributed by atoms with Crippen LogP contribution in [0.1, 0.15) is 11.4 Å². The summed E-state index contributed by atoms with van der Waals surface area (Å²) in [5.41, 5.74) is 2.15. The highest BCUT2D eigenvalue weighted by molar-refractivity contribution is 5.80. The van der Waals surface area contributed by atoms with E-state index in [0.29, 0.717) is 13.2 Å². The number of likely N-dealkylation sites (N-methyl/N-ethyl adjacent to an activating group) is 1. The van der Waals surface area contributed by atoms with Gasteiger partial charge in [-0.15, -0.1) is 0 Å². The van der Waals surface area contributed by atoms with Crippen LogP contribution in [0.15, 0.2) is 18.2 Å². The zero-order valence-electron chi connectivity index (χ0n) is 12.5. The largest absolute Gasteiger partial charge is 0.366 e. The van der Waals surface area contributed by atoms with Crippen LogP contribution >= 0.6 is 0 Å². The van der Waals surface area contributed by atoms with Crippen LogP contribution in [0.5, 0.6) is 0 Å². The van der Waals surface area contributed by atoms with Crippen LogP contribution in [0.25, 0.3) is 0 Å². The van der Waals surface area contributed by atoms with Gasteiger partial charge in [-0.1, -0.05) is 6.07 Å². The molecule has 0 aliphatic carbocycles. The average Bonchev–Trinajstić information content (AvgIpc) is 2.44. The summed E-state index contributed by atoms with van der Waals surface area (Å²) in [4.78, 5) is 20.3. The molecule has 110 valence electrons. The lowest BCUT2D eigenvalue weighted by atomic mass is 10.2. The molecule has 1 fully saturated rings. The highest BCUT2D eigenvalue weighted by atomic mass is 16.5. The molecule has 20 heavy (non-hydrogen) atoms. The van der Waals surface area contributed by atoms with Crippen molar-refractivity contribution in [1.82, 2.24) is 14.8 Å². The van der Waals surface area contributed by atoms with E-state index in [-0.39, 0.29) is 12.0 Å². The normalized spacial score (nSPS) is 19.9. The highest BCUT2D eigenvalue weighted by Crippen LogP contribution is 2.09. The van der Waals surface area contributed by atoms with E-state index < -0.39 is 0 Å². The first kappa shape index (κ1) is 14.9. The van der Waals surface area contributed by atoms with Crippen LogP contribution in [0.3, 0.4) is 0 Å². The van der Waals surface area contributed by atoms with E-state index in [1.807, 2.05) is 19.1 Å². The number of aromatic nitrogens is 1. The van der Waals surface area contributed by atoms with Gasteiger partial charge < -0.3 is 9.64 Å². The van der Waals surface area contributed by atoms with Gasteiger partial charge in [-0.25, -0.2) is 0 Å². The van der Waals surface area contributed by atoms with Gasteiger partial charge in [0.25, 0.3) is 5.91 Å². The van der Waals surface area contributed by atoms with E-state index in [0.717, 1.165) is 30.9 Å². The van der Waals surface area contributed by atoms with E-state index in [1.165, 1.54) is 0 Å². The van der Waals surface area contributed by atoms with Gasteiger partial charge in [0, 0.05) is 51.5 Å². The molecule has 0 bridgehead atoms. The Morgan fingerprint density at radius 1 is 1.50 bits per heavy atom. The molecule has 0 saturated carbocycles. The van der Waals surface area contributed by atoms with Gasteiger partial charge >= 0.3 is 0 Å². The molecule has 5 heteroatoms. The molecule has 1 aromatic rings. The number of morpholine rings is 1. The smallest absolute Gasteiger partial charge is 0.252 e. The number of carbonyl (C=O) groups excluding carboxylic acids is 1.